The minimum Gasteiger partial charge on any atom is -0.341 e. The number of anilines is 2. The minimum atomic E-state index is -0.422. The fourth-order valence-corrected chi connectivity index (χ4v) is 4.40. The van der Waals surface area contributed by atoms with Crippen molar-refractivity contribution in [2.75, 3.05) is 10.2 Å². The lowest BCUT2D eigenvalue weighted by Gasteiger charge is -2.37. The number of hydrogen-bond donors (Lipinski definition) is 1. The molecule has 0 fully saturated rings. The Hall–Kier alpha value is -2.98. The van der Waals surface area contributed by atoms with Gasteiger partial charge < -0.3 is 10.2 Å². The second kappa shape index (κ2) is 7.80. The molecule has 1 N–H and O–H groups in total. The lowest BCUT2D eigenvalue weighted by atomic mass is 9.89. The van der Waals surface area contributed by atoms with Crippen molar-refractivity contribution in [2.24, 2.45) is 4.99 Å². The Morgan fingerprint density at radius 3 is 2.07 bits per heavy atom. The third-order valence-corrected chi connectivity index (χ3v) is 5.81. The van der Waals surface area contributed by atoms with Gasteiger partial charge in [0.15, 0.2) is 0 Å². The van der Waals surface area contributed by atoms with Gasteiger partial charge in [0.1, 0.15) is 11.4 Å². The van der Waals surface area contributed by atoms with Crippen LogP contribution in [0.15, 0.2) is 83.9 Å². The Morgan fingerprint density at radius 1 is 0.862 bits per heavy atom. The molecule has 3 aromatic carbocycles. The molecule has 0 aliphatic carbocycles. The van der Waals surface area contributed by atoms with E-state index < -0.39 is 5.54 Å². The first-order valence-electron chi connectivity index (χ1n) is 9.84. The average molecular weight is 400 g/mol. The molecule has 1 aliphatic heterocycles. The molecule has 29 heavy (non-hydrogen) atoms. The fraction of sp³-hybridized carbons (Fsp3) is 0.200. The van der Waals surface area contributed by atoms with Crippen LogP contribution in [0.3, 0.4) is 0 Å². The van der Waals surface area contributed by atoms with Crippen LogP contribution in [0, 0.1) is 13.8 Å². The highest BCUT2D eigenvalue weighted by Crippen LogP contribution is 2.35. The quantitative estimate of drug-likeness (QED) is 0.552. The van der Waals surface area contributed by atoms with Gasteiger partial charge in [-0.1, -0.05) is 66.7 Å². The third-order valence-electron chi connectivity index (χ3n) is 5.53. The van der Waals surface area contributed by atoms with Gasteiger partial charge in [0.05, 0.1) is 0 Å². The van der Waals surface area contributed by atoms with Crippen molar-refractivity contribution in [1.29, 1.82) is 0 Å². The van der Waals surface area contributed by atoms with Crippen molar-refractivity contribution in [1.82, 2.24) is 0 Å². The summed E-state index contributed by atoms with van der Waals surface area (Å²) >= 11 is 5.75. The topological polar surface area (TPSA) is 27.6 Å². The Bertz CT molecular complexity index is 1040. The van der Waals surface area contributed by atoms with Gasteiger partial charge in [-0.3, -0.25) is 0 Å². The fourth-order valence-electron chi connectivity index (χ4n) is 4.00. The molecular weight excluding hydrogens is 374 g/mol. The maximum absolute atomic E-state index is 5.75. The van der Waals surface area contributed by atoms with Crippen molar-refractivity contribution in [2.45, 2.75) is 32.7 Å². The number of thiocarbonyl (C=S) groups is 1. The van der Waals surface area contributed by atoms with Gasteiger partial charge in [-0.2, -0.15) is 0 Å². The van der Waals surface area contributed by atoms with E-state index in [9.17, 15) is 0 Å². The van der Waals surface area contributed by atoms with Crippen LogP contribution in [0.2, 0.25) is 0 Å². The summed E-state index contributed by atoms with van der Waals surface area (Å²) in [6.07, 6.45) is 0.791. The van der Waals surface area contributed by atoms with Crippen molar-refractivity contribution >= 4 is 34.5 Å². The summed E-state index contributed by atoms with van der Waals surface area (Å²) in [5.74, 6) is 0.882. The lowest BCUT2D eigenvalue weighted by Crippen LogP contribution is -2.53. The van der Waals surface area contributed by atoms with E-state index in [0.717, 1.165) is 23.6 Å². The van der Waals surface area contributed by atoms with Gasteiger partial charge in [0.25, 0.3) is 0 Å². The van der Waals surface area contributed by atoms with Crippen LogP contribution in [0.5, 0.6) is 0 Å². The monoisotopic (exact) mass is 399 g/mol. The number of hydrogen-bond acceptors (Lipinski definition) is 2. The number of nitrogens with zero attached hydrogens (tertiary/aromatic N) is 2. The molecule has 1 heterocycles. The van der Waals surface area contributed by atoms with E-state index in [1.165, 1.54) is 16.7 Å². The van der Waals surface area contributed by atoms with Crippen LogP contribution in [0.4, 0.5) is 11.4 Å². The van der Waals surface area contributed by atoms with Crippen molar-refractivity contribution in [3.05, 3.63) is 95.6 Å². The largest absolute Gasteiger partial charge is 0.341 e. The molecule has 0 amide bonds. The van der Waals surface area contributed by atoms with E-state index in [1.54, 1.807) is 0 Å². The van der Waals surface area contributed by atoms with Gasteiger partial charge >= 0.3 is 0 Å². The predicted octanol–water partition coefficient (Wildman–Crippen LogP) is 5.92. The molecule has 0 unspecified atom stereocenters. The normalized spacial score (nSPS) is 18.7. The first-order valence-corrected chi connectivity index (χ1v) is 10.3. The van der Waals surface area contributed by atoms with Crippen LogP contribution in [-0.4, -0.2) is 16.5 Å². The van der Waals surface area contributed by atoms with Crippen LogP contribution in [-0.2, 0) is 6.42 Å². The maximum Gasteiger partial charge on any atom is 0.202 e. The molecule has 0 aromatic heterocycles. The Labute approximate surface area is 178 Å². The van der Waals surface area contributed by atoms with Gasteiger partial charge in [0, 0.05) is 17.8 Å². The van der Waals surface area contributed by atoms with E-state index in [1.807, 2.05) is 24.3 Å². The van der Waals surface area contributed by atoms with E-state index in [4.69, 9.17) is 17.2 Å². The number of aryl methyl sites for hydroxylation is 2. The standard InChI is InChI=1S/C25H25N3S/c1-18-11-10-12-19(2)22(18)26-23-25(3,17-20-13-6-4-7-14-20)28(24(29)27-23)21-15-8-5-9-16-21/h4-16H,17H2,1-3H3,(H,26,27,29)/t25-/m0/s1. The molecule has 0 saturated heterocycles. The van der Waals surface area contributed by atoms with Gasteiger partial charge in [-0.05, 0) is 61.8 Å². The Kier molecular flexibility index (Phi) is 5.20. The third kappa shape index (κ3) is 3.68. The number of nitrogens with one attached hydrogen (secondary N) is 1. The number of amidine groups is 1. The smallest absolute Gasteiger partial charge is 0.202 e. The number of benzene rings is 3. The lowest BCUT2D eigenvalue weighted by molar-refractivity contribution is 0.626. The molecule has 0 saturated carbocycles. The van der Waals surface area contributed by atoms with E-state index >= 15 is 0 Å². The molecule has 146 valence electrons. The average Bonchev–Trinajstić information content (AvgIpc) is 2.95. The zero-order chi connectivity index (χ0) is 20.4. The van der Waals surface area contributed by atoms with Crippen LogP contribution < -0.4 is 10.2 Å². The molecule has 4 heteroatoms. The number of para-hydroxylation sites is 2. The summed E-state index contributed by atoms with van der Waals surface area (Å²) in [6.45, 7) is 6.45. The van der Waals surface area contributed by atoms with E-state index in [2.05, 4.69) is 85.6 Å². The van der Waals surface area contributed by atoms with Crippen molar-refractivity contribution in [3.63, 3.8) is 0 Å². The SMILES string of the molecule is Cc1cccc(C)c1NC1=NC(=S)N(c2ccccc2)[C@@]1(C)Cc1ccccc1. The molecule has 1 aliphatic rings. The second-order valence-electron chi connectivity index (χ2n) is 7.74. The Balaban J connectivity index is 1.78. The number of rotatable bonds is 4. The molecule has 1 atom stereocenters. The summed E-state index contributed by atoms with van der Waals surface area (Å²) in [7, 11) is 0. The van der Waals surface area contributed by atoms with Crippen LogP contribution >= 0.6 is 12.2 Å². The second-order valence-corrected chi connectivity index (χ2v) is 8.11. The minimum absolute atomic E-state index is 0.422. The molecule has 0 bridgehead atoms. The molecule has 3 nitrogen and oxygen atoms in total. The van der Waals surface area contributed by atoms with E-state index in [0.29, 0.717) is 5.11 Å². The van der Waals surface area contributed by atoms with Crippen molar-refractivity contribution < 1.29 is 0 Å². The molecule has 0 radical (unpaired) electrons. The summed E-state index contributed by atoms with van der Waals surface area (Å²) in [5, 5.41) is 4.23. The van der Waals surface area contributed by atoms with Crippen LogP contribution in [0.1, 0.15) is 23.6 Å². The summed E-state index contributed by atoms with van der Waals surface area (Å²) in [4.78, 5) is 7.01. The first kappa shape index (κ1) is 19.3. The highest BCUT2D eigenvalue weighted by Gasteiger charge is 2.45. The molecular formula is C25H25N3S. The van der Waals surface area contributed by atoms with Gasteiger partial charge in [0.2, 0.25) is 5.11 Å². The molecule has 0 spiro atoms. The van der Waals surface area contributed by atoms with Crippen LogP contribution in [0.25, 0.3) is 0 Å². The molecule has 4 rings (SSSR count). The molecule has 3 aromatic rings. The maximum atomic E-state index is 5.75. The summed E-state index contributed by atoms with van der Waals surface area (Å²) in [6, 6.07) is 27.1. The Morgan fingerprint density at radius 2 is 1.45 bits per heavy atom. The van der Waals surface area contributed by atoms with E-state index in [-0.39, 0.29) is 0 Å². The zero-order valence-electron chi connectivity index (χ0n) is 17.0. The van der Waals surface area contributed by atoms with Crippen molar-refractivity contribution in [3.8, 4) is 0 Å². The highest BCUT2D eigenvalue weighted by molar-refractivity contribution is 7.80. The summed E-state index contributed by atoms with van der Waals surface area (Å²) < 4.78 is 0. The number of aliphatic imine (C=N–C) groups is 1. The highest BCUT2D eigenvalue weighted by atomic mass is 32.1. The zero-order valence-corrected chi connectivity index (χ0v) is 17.8. The van der Waals surface area contributed by atoms with Gasteiger partial charge in [-0.15, -0.1) is 0 Å². The predicted molar refractivity (Wildman–Crippen MR) is 127 cm³/mol. The van der Waals surface area contributed by atoms with Gasteiger partial charge in [-0.25, -0.2) is 4.99 Å². The first-order chi connectivity index (χ1) is 14.0. The summed E-state index contributed by atoms with van der Waals surface area (Å²) in [5.41, 5.74) is 5.37.